The molecular formula is C15H21NO3. The predicted molar refractivity (Wildman–Crippen MR) is 74.7 cm³/mol. The van der Waals surface area contributed by atoms with E-state index in [1.165, 1.54) is 0 Å². The highest BCUT2D eigenvalue weighted by molar-refractivity contribution is 6.00. The molecule has 2 rings (SSSR count). The summed E-state index contributed by atoms with van der Waals surface area (Å²) >= 11 is 0. The van der Waals surface area contributed by atoms with Crippen LogP contribution in [-0.4, -0.2) is 23.7 Å². The molecule has 1 aliphatic heterocycles. The first-order valence-electron chi connectivity index (χ1n) is 6.98. The third kappa shape index (κ3) is 2.83. The molecule has 4 nitrogen and oxygen atoms in total. The molecule has 1 N–H and O–H groups in total. The summed E-state index contributed by atoms with van der Waals surface area (Å²) in [6.07, 6.45) is 3.42. The zero-order valence-electron chi connectivity index (χ0n) is 11.6. The normalized spacial score (nSPS) is 18.1. The average molecular weight is 263 g/mol. The fraction of sp³-hybridized carbons (Fsp3) is 0.533. The third-order valence-electron chi connectivity index (χ3n) is 3.40. The maximum atomic E-state index is 12.3. The minimum Gasteiger partial charge on any atom is -0.508 e. The molecule has 0 bridgehead atoms. The van der Waals surface area contributed by atoms with Crippen LogP contribution in [0.2, 0.25) is 0 Å². The maximum Gasteiger partial charge on any atom is 0.268 e. The van der Waals surface area contributed by atoms with Crippen LogP contribution in [0, 0.1) is 0 Å². The van der Waals surface area contributed by atoms with Crippen LogP contribution in [0.15, 0.2) is 18.2 Å². The van der Waals surface area contributed by atoms with E-state index in [9.17, 15) is 9.90 Å². The van der Waals surface area contributed by atoms with Gasteiger partial charge in [0.2, 0.25) is 0 Å². The molecule has 1 aromatic rings. The van der Waals surface area contributed by atoms with Crippen LogP contribution in [0.5, 0.6) is 11.5 Å². The Balaban J connectivity index is 2.26. The van der Waals surface area contributed by atoms with E-state index in [0.717, 1.165) is 24.9 Å². The van der Waals surface area contributed by atoms with Crippen molar-refractivity contribution < 1.29 is 14.6 Å². The Labute approximate surface area is 114 Å². The third-order valence-corrected chi connectivity index (χ3v) is 3.40. The van der Waals surface area contributed by atoms with Gasteiger partial charge in [0, 0.05) is 12.6 Å². The van der Waals surface area contributed by atoms with Crippen molar-refractivity contribution in [1.29, 1.82) is 0 Å². The summed E-state index contributed by atoms with van der Waals surface area (Å²) < 4.78 is 5.66. The maximum absolute atomic E-state index is 12.3. The number of phenols is 1. The zero-order chi connectivity index (χ0) is 13.8. The lowest BCUT2D eigenvalue weighted by molar-refractivity contribution is -0.126. The molecule has 1 aromatic carbocycles. The number of anilines is 1. The number of phenolic OH excluding ortho intramolecular Hbond substituents is 1. The Hall–Kier alpha value is -1.71. The molecule has 0 radical (unpaired) electrons. The number of hydrogen-bond donors (Lipinski definition) is 1. The van der Waals surface area contributed by atoms with Crippen LogP contribution in [-0.2, 0) is 4.79 Å². The van der Waals surface area contributed by atoms with E-state index >= 15 is 0 Å². The van der Waals surface area contributed by atoms with Gasteiger partial charge in [-0.1, -0.05) is 26.7 Å². The van der Waals surface area contributed by atoms with Crippen molar-refractivity contribution in [3.63, 3.8) is 0 Å². The van der Waals surface area contributed by atoms with Crippen LogP contribution in [0.25, 0.3) is 0 Å². The highest BCUT2D eigenvalue weighted by Gasteiger charge is 2.32. The van der Waals surface area contributed by atoms with E-state index in [1.54, 1.807) is 23.1 Å². The van der Waals surface area contributed by atoms with Crippen LogP contribution < -0.4 is 9.64 Å². The van der Waals surface area contributed by atoms with Gasteiger partial charge in [0.05, 0.1) is 5.69 Å². The van der Waals surface area contributed by atoms with E-state index in [0.29, 0.717) is 18.7 Å². The second-order valence-corrected chi connectivity index (χ2v) is 4.86. The first-order chi connectivity index (χ1) is 9.17. The molecule has 4 heteroatoms. The Kier molecular flexibility index (Phi) is 4.30. The SMILES string of the molecule is CCCCCN1C(=O)C(CC)Oc2cc(O)ccc21. The molecule has 0 saturated carbocycles. The van der Waals surface area contributed by atoms with Gasteiger partial charge in [0.15, 0.2) is 6.10 Å². The summed E-state index contributed by atoms with van der Waals surface area (Å²) in [6.45, 7) is 4.78. The number of nitrogens with zero attached hydrogens (tertiary/aromatic N) is 1. The molecule has 0 fully saturated rings. The van der Waals surface area contributed by atoms with E-state index in [2.05, 4.69) is 6.92 Å². The topological polar surface area (TPSA) is 49.8 Å². The van der Waals surface area contributed by atoms with E-state index in [-0.39, 0.29) is 11.7 Å². The molecule has 1 amide bonds. The van der Waals surface area contributed by atoms with E-state index in [4.69, 9.17) is 4.74 Å². The molecule has 0 spiro atoms. The van der Waals surface area contributed by atoms with Gasteiger partial charge in [-0.3, -0.25) is 4.79 Å². The van der Waals surface area contributed by atoms with Gasteiger partial charge in [-0.2, -0.15) is 0 Å². The van der Waals surface area contributed by atoms with Crippen molar-refractivity contribution in [3.05, 3.63) is 18.2 Å². The molecule has 0 saturated heterocycles. The number of amides is 1. The summed E-state index contributed by atoms with van der Waals surface area (Å²) in [7, 11) is 0. The Morgan fingerprint density at radius 1 is 1.32 bits per heavy atom. The van der Waals surface area contributed by atoms with Gasteiger partial charge in [0.1, 0.15) is 11.5 Å². The quantitative estimate of drug-likeness (QED) is 0.830. The number of fused-ring (bicyclic) bond motifs is 1. The first-order valence-corrected chi connectivity index (χ1v) is 6.98. The fourth-order valence-electron chi connectivity index (χ4n) is 2.32. The van der Waals surface area contributed by atoms with Crippen molar-refractivity contribution in [2.24, 2.45) is 0 Å². The molecule has 1 heterocycles. The number of ether oxygens (including phenoxy) is 1. The second kappa shape index (κ2) is 5.95. The summed E-state index contributed by atoms with van der Waals surface area (Å²) in [6, 6.07) is 4.92. The van der Waals surface area contributed by atoms with Crippen molar-refractivity contribution in [2.75, 3.05) is 11.4 Å². The zero-order valence-corrected chi connectivity index (χ0v) is 11.6. The van der Waals surface area contributed by atoms with Gasteiger partial charge in [0.25, 0.3) is 5.91 Å². The molecule has 0 aromatic heterocycles. The smallest absolute Gasteiger partial charge is 0.268 e. The molecule has 1 aliphatic rings. The largest absolute Gasteiger partial charge is 0.508 e. The molecule has 19 heavy (non-hydrogen) atoms. The van der Waals surface area contributed by atoms with Crippen molar-refractivity contribution in [2.45, 2.75) is 45.6 Å². The lowest BCUT2D eigenvalue weighted by Crippen LogP contribution is -2.46. The minimum atomic E-state index is -0.434. The number of benzene rings is 1. The number of unbranched alkanes of at least 4 members (excludes halogenated alkanes) is 2. The van der Waals surface area contributed by atoms with Gasteiger partial charge in [-0.05, 0) is 25.0 Å². The summed E-state index contributed by atoms with van der Waals surface area (Å²) in [5.74, 6) is 0.788. The fourth-order valence-corrected chi connectivity index (χ4v) is 2.32. The van der Waals surface area contributed by atoms with Crippen molar-refractivity contribution >= 4 is 11.6 Å². The van der Waals surface area contributed by atoms with E-state index < -0.39 is 6.10 Å². The number of aromatic hydroxyl groups is 1. The van der Waals surface area contributed by atoms with Crippen LogP contribution in [0.3, 0.4) is 0 Å². The lowest BCUT2D eigenvalue weighted by Gasteiger charge is -2.34. The Bertz CT molecular complexity index is 459. The molecular weight excluding hydrogens is 242 g/mol. The van der Waals surface area contributed by atoms with Crippen LogP contribution in [0.1, 0.15) is 39.5 Å². The number of rotatable bonds is 5. The summed E-state index contributed by atoms with van der Waals surface area (Å²) in [5, 5.41) is 9.53. The van der Waals surface area contributed by atoms with Gasteiger partial charge in [-0.15, -0.1) is 0 Å². The van der Waals surface area contributed by atoms with Gasteiger partial charge < -0.3 is 14.7 Å². The second-order valence-electron chi connectivity index (χ2n) is 4.86. The standard InChI is InChI=1S/C15H21NO3/c1-3-5-6-9-16-12-8-7-11(17)10-14(12)19-13(4-2)15(16)18/h7-8,10,13,17H,3-6,9H2,1-2H3. The Morgan fingerprint density at radius 3 is 2.79 bits per heavy atom. The number of carbonyl (C=O) groups is 1. The highest BCUT2D eigenvalue weighted by Crippen LogP contribution is 2.37. The van der Waals surface area contributed by atoms with Crippen molar-refractivity contribution in [1.82, 2.24) is 0 Å². The van der Waals surface area contributed by atoms with Gasteiger partial charge in [-0.25, -0.2) is 0 Å². The number of carbonyl (C=O) groups excluding carboxylic acids is 1. The molecule has 1 unspecified atom stereocenters. The monoisotopic (exact) mass is 263 g/mol. The summed E-state index contributed by atoms with van der Waals surface area (Å²) in [5.41, 5.74) is 0.767. The van der Waals surface area contributed by atoms with Crippen LogP contribution >= 0.6 is 0 Å². The predicted octanol–water partition coefficient (Wildman–Crippen LogP) is 3.09. The highest BCUT2D eigenvalue weighted by atomic mass is 16.5. The minimum absolute atomic E-state index is 0.0248. The lowest BCUT2D eigenvalue weighted by atomic mass is 10.1. The van der Waals surface area contributed by atoms with Crippen molar-refractivity contribution in [3.8, 4) is 11.5 Å². The van der Waals surface area contributed by atoms with Gasteiger partial charge >= 0.3 is 0 Å². The Morgan fingerprint density at radius 2 is 2.11 bits per heavy atom. The molecule has 1 atom stereocenters. The van der Waals surface area contributed by atoms with E-state index in [1.807, 2.05) is 6.92 Å². The van der Waals surface area contributed by atoms with Crippen LogP contribution in [0.4, 0.5) is 5.69 Å². The molecule has 104 valence electrons. The summed E-state index contributed by atoms with van der Waals surface area (Å²) in [4.78, 5) is 14.1. The first kappa shape index (κ1) is 13.7. The average Bonchev–Trinajstić information content (AvgIpc) is 2.41. The number of hydrogen-bond acceptors (Lipinski definition) is 3. The molecule has 0 aliphatic carbocycles.